The second kappa shape index (κ2) is 14.2. The van der Waals surface area contributed by atoms with Crippen LogP contribution in [-0.4, -0.2) is 49.0 Å². The van der Waals surface area contributed by atoms with Crippen molar-refractivity contribution < 1.29 is 28.7 Å². The number of nitro benzene ring substituents is 1. The number of ether oxygens (including phenoxy) is 3. The Kier molecular flexibility index (Phi) is 10.5. The van der Waals surface area contributed by atoms with Crippen molar-refractivity contribution in [3.05, 3.63) is 82.4 Å². The number of rotatable bonds is 13. The molecule has 2 N–H and O–H groups in total. The average molecular weight is 539 g/mol. The number of methoxy groups -OCH3 is 1. The fraction of sp³-hybridized carbons (Fsp3) is 0.192. The van der Waals surface area contributed by atoms with E-state index in [1.54, 1.807) is 54.6 Å². The number of hydrogen-bond donors (Lipinski definition) is 2. The highest BCUT2D eigenvalue weighted by molar-refractivity contribution is 8.00. The Morgan fingerprint density at radius 2 is 1.76 bits per heavy atom. The van der Waals surface area contributed by atoms with Gasteiger partial charge in [-0.2, -0.15) is 5.10 Å². The number of nitrogens with one attached hydrogen (secondary N) is 2. The average Bonchev–Trinajstić information content (AvgIpc) is 2.92. The second-order valence-electron chi connectivity index (χ2n) is 7.51. The molecular formula is C26H26N4O7S. The third-order valence-corrected chi connectivity index (χ3v) is 5.84. The molecule has 0 aliphatic rings. The number of para-hydroxylation sites is 2. The Bertz CT molecular complexity index is 1300. The number of carbonyl (C=O) groups excluding carboxylic acids is 2. The standard InChI is InChI=1S/C26H26N4O7S/c1-3-36-24-14-18(15-27-29-26(32)17-38-20-11-9-19(10-12-20)30(33)34)8-13-23(24)37-16-25(31)28-21-6-4-5-7-22(21)35-2/h4-15H,3,16-17H2,1-2H3,(H,28,31)(H,29,32)/b27-15-. The van der Waals surface area contributed by atoms with E-state index in [2.05, 4.69) is 15.8 Å². The first-order chi connectivity index (χ1) is 18.4. The molecule has 3 aromatic carbocycles. The lowest BCUT2D eigenvalue weighted by molar-refractivity contribution is -0.384. The minimum atomic E-state index is -0.480. The van der Waals surface area contributed by atoms with Crippen molar-refractivity contribution in [2.45, 2.75) is 11.8 Å². The molecule has 0 aliphatic heterocycles. The van der Waals surface area contributed by atoms with Crippen LogP contribution in [0.1, 0.15) is 12.5 Å². The number of nitrogens with zero attached hydrogens (tertiary/aromatic N) is 2. The normalized spacial score (nSPS) is 10.6. The fourth-order valence-corrected chi connectivity index (χ4v) is 3.78. The lowest BCUT2D eigenvalue weighted by Gasteiger charge is -2.13. The van der Waals surface area contributed by atoms with E-state index in [0.29, 0.717) is 35.1 Å². The number of carbonyl (C=O) groups is 2. The molecule has 0 atom stereocenters. The molecule has 0 spiro atoms. The summed E-state index contributed by atoms with van der Waals surface area (Å²) in [5.74, 6) is 0.719. The smallest absolute Gasteiger partial charge is 0.269 e. The summed E-state index contributed by atoms with van der Waals surface area (Å²) >= 11 is 1.23. The van der Waals surface area contributed by atoms with Gasteiger partial charge >= 0.3 is 0 Å². The molecule has 3 rings (SSSR count). The molecule has 3 aromatic rings. The predicted octanol–water partition coefficient (Wildman–Crippen LogP) is 4.26. The first kappa shape index (κ1) is 28.0. The molecule has 11 nitrogen and oxygen atoms in total. The van der Waals surface area contributed by atoms with Crippen LogP contribution in [0.15, 0.2) is 76.7 Å². The number of nitro groups is 1. The molecule has 0 bridgehead atoms. The SMILES string of the molecule is CCOc1cc(/C=N\NC(=O)CSc2ccc([N+](=O)[O-])cc2)ccc1OCC(=O)Nc1ccccc1OC. The van der Waals surface area contributed by atoms with E-state index < -0.39 is 4.92 Å². The molecule has 0 aliphatic carbocycles. The van der Waals surface area contributed by atoms with E-state index >= 15 is 0 Å². The van der Waals surface area contributed by atoms with Crippen molar-refractivity contribution in [1.29, 1.82) is 0 Å². The highest BCUT2D eigenvalue weighted by atomic mass is 32.2. The number of non-ortho nitro benzene ring substituents is 1. The third kappa shape index (κ3) is 8.52. The molecule has 38 heavy (non-hydrogen) atoms. The molecule has 0 heterocycles. The van der Waals surface area contributed by atoms with Gasteiger partial charge in [-0.1, -0.05) is 12.1 Å². The predicted molar refractivity (Wildman–Crippen MR) is 144 cm³/mol. The van der Waals surface area contributed by atoms with Gasteiger partial charge in [-0.25, -0.2) is 5.43 Å². The Labute approximate surface area is 223 Å². The number of hydrazone groups is 1. The number of hydrogen-bond acceptors (Lipinski definition) is 9. The summed E-state index contributed by atoms with van der Waals surface area (Å²) in [5.41, 5.74) is 3.60. The van der Waals surface area contributed by atoms with Gasteiger partial charge in [0.05, 0.1) is 36.3 Å². The van der Waals surface area contributed by atoms with Crippen molar-refractivity contribution in [2.24, 2.45) is 5.10 Å². The zero-order chi connectivity index (χ0) is 27.3. The molecular weight excluding hydrogens is 512 g/mol. The zero-order valence-electron chi connectivity index (χ0n) is 20.7. The van der Waals surface area contributed by atoms with Crippen molar-refractivity contribution in [2.75, 3.05) is 31.4 Å². The molecule has 0 unspecified atom stereocenters. The van der Waals surface area contributed by atoms with Crippen LogP contribution in [-0.2, 0) is 9.59 Å². The van der Waals surface area contributed by atoms with Crippen LogP contribution in [0.4, 0.5) is 11.4 Å². The van der Waals surface area contributed by atoms with Crippen LogP contribution in [0.2, 0.25) is 0 Å². The molecule has 0 aromatic heterocycles. The van der Waals surface area contributed by atoms with E-state index in [-0.39, 0.29) is 29.9 Å². The lowest BCUT2D eigenvalue weighted by atomic mass is 10.2. The zero-order valence-corrected chi connectivity index (χ0v) is 21.5. The Balaban J connectivity index is 1.52. The van der Waals surface area contributed by atoms with Crippen LogP contribution < -0.4 is 25.0 Å². The monoisotopic (exact) mass is 538 g/mol. The van der Waals surface area contributed by atoms with Gasteiger partial charge in [0.2, 0.25) is 5.91 Å². The van der Waals surface area contributed by atoms with Crippen LogP contribution >= 0.6 is 11.8 Å². The maximum Gasteiger partial charge on any atom is 0.269 e. The fourth-order valence-electron chi connectivity index (χ4n) is 3.09. The van der Waals surface area contributed by atoms with Gasteiger partial charge in [0.25, 0.3) is 11.6 Å². The van der Waals surface area contributed by atoms with Crippen molar-refractivity contribution >= 4 is 41.2 Å². The molecule has 0 saturated heterocycles. The van der Waals surface area contributed by atoms with Gasteiger partial charge in [0, 0.05) is 17.0 Å². The minimum absolute atomic E-state index is 0.0117. The van der Waals surface area contributed by atoms with Crippen LogP contribution in [0.5, 0.6) is 17.2 Å². The first-order valence-electron chi connectivity index (χ1n) is 11.4. The summed E-state index contributed by atoms with van der Waals surface area (Å²) in [6.45, 7) is 1.96. The Morgan fingerprint density at radius 3 is 2.47 bits per heavy atom. The maximum absolute atomic E-state index is 12.4. The summed E-state index contributed by atoms with van der Waals surface area (Å²) in [4.78, 5) is 35.4. The van der Waals surface area contributed by atoms with Crippen molar-refractivity contribution in [1.82, 2.24) is 5.43 Å². The maximum atomic E-state index is 12.4. The summed E-state index contributed by atoms with van der Waals surface area (Å²) in [7, 11) is 1.52. The summed E-state index contributed by atoms with van der Waals surface area (Å²) < 4.78 is 16.5. The van der Waals surface area contributed by atoms with Crippen LogP contribution in [0, 0.1) is 10.1 Å². The summed E-state index contributed by atoms with van der Waals surface area (Å²) in [5, 5.41) is 17.4. The number of amides is 2. The second-order valence-corrected chi connectivity index (χ2v) is 8.56. The molecule has 0 fully saturated rings. The van der Waals surface area contributed by atoms with E-state index in [1.165, 1.54) is 37.2 Å². The molecule has 0 saturated carbocycles. The van der Waals surface area contributed by atoms with E-state index in [9.17, 15) is 19.7 Å². The van der Waals surface area contributed by atoms with Gasteiger partial charge in [0.15, 0.2) is 18.1 Å². The third-order valence-electron chi connectivity index (χ3n) is 4.83. The highest BCUT2D eigenvalue weighted by Crippen LogP contribution is 2.28. The Morgan fingerprint density at radius 1 is 1.00 bits per heavy atom. The van der Waals surface area contributed by atoms with Crippen LogP contribution in [0.25, 0.3) is 0 Å². The van der Waals surface area contributed by atoms with Gasteiger partial charge in [0.1, 0.15) is 5.75 Å². The number of anilines is 1. The summed E-state index contributed by atoms with van der Waals surface area (Å²) in [6.07, 6.45) is 1.45. The van der Waals surface area contributed by atoms with Gasteiger partial charge in [-0.3, -0.25) is 19.7 Å². The number of benzene rings is 3. The van der Waals surface area contributed by atoms with E-state index in [0.717, 1.165) is 4.90 Å². The van der Waals surface area contributed by atoms with Gasteiger partial charge < -0.3 is 19.5 Å². The molecule has 0 radical (unpaired) electrons. The quantitative estimate of drug-likeness (QED) is 0.142. The first-order valence-corrected chi connectivity index (χ1v) is 12.4. The topological polar surface area (TPSA) is 141 Å². The largest absolute Gasteiger partial charge is 0.495 e. The van der Waals surface area contributed by atoms with E-state index in [4.69, 9.17) is 14.2 Å². The minimum Gasteiger partial charge on any atom is -0.495 e. The van der Waals surface area contributed by atoms with Crippen LogP contribution in [0.3, 0.4) is 0 Å². The molecule has 198 valence electrons. The lowest BCUT2D eigenvalue weighted by Crippen LogP contribution is -2.20. The molecule has 12 heteroatoms. The van der Waals surface area contributed by atoms with Gasteiger partial charge in [-0.15, -0.1) is 11.8 Å². The van der Waals surface area contributed by atoms with Gasteiger partial charge in [-0.05, 0) is 55.0 Å². The summed E-state index contributed by atoms with van der Waals surface area (Å²) in [6, 6.07) is 18.0. The Hall–Kier alpha value is -4.58. The van der Waals surface area contributed by atoms with Crippen molar-refractivity contribution in [3.63, 3.8) is 0 Å². The highest BCUT2D eigenvalue weighted by Gasteiger charge is 2.11. The van der Waals surface area contributed by atoms with E-state index in [1.807, 2.05) is 6.92 Å². The van der Waals surface area contributed by atoms with Crippen molar-refractivity contribution in [3.8, 4) is 17.2 Å². The molecule has 2 amide bonds. The number of thioether (sulfide) groups is 1.